The first-order chi connectivity index (χ1) is 8.35. The van der Waals surface area contributed by atoms with Crippen LogP contribution in [0.15, 0.2) is 0 Å². The van der Waals surface area contributed by atoms with E-state index in [1.807, 2.05) is 0 Å². The molecular formula is C14H29N3. The van der Waals surface area contributed by atoms with Gasteiger partial charge in [-0.15, -0.1) is 0 Å². The molecular weight excluding hydrogens is 210 g/mol. The molecule has 0 saturated carbocycles. The Labute approximate surface area is 107 Å². The molecule has 2 saturated heterocycles. The van der Waals surface area contributed by atoms with Gasteiger partial charge in [0.1, 0.15) is 0 Å². The van der Waals surface area contributed by atoms with Gasteiger partial charge in [0.15, 0.2) is 0 Å². The second kappa shape index (κ2) is 6.72. The predicted molar refractivity (Wildman–Crippen MR) is 73.4 cm³/mol. The second-order valence-electron chi connectivity index (χ2n) is 5.65. The topological polar surface area (TPSA) is 18.5 Å². The Kier molecular flexibility index (Phi) is 5.26. The van der Waals surface area contributed by atoms with E-state index in [4.69, 9.17) is 0 Å². The maximum atomic E-state index is 3.33. The minimum Gasteiger partial charge on any atom is -0.318 e. The minimum atomic E-state index is 0.745. The van der Waals surface area contributed by atoms with Crippen molar-refractivity contribution in [3.8, 4) is 0 Å². The van der Waals surface area contributed by atoms with E-state index >= 15 is 0 Å². The number of nitrogens with zero attached hydrogens (tertiary/aromatic N) is 2. The van der Waals surface area contributed by atoms with Crippen molar-refractivity contribution in [2.24, 2.45) is 0 Å². The highest BCUT2D eigenvalue weighted by molar-refractivity contribution is 4.88. The molecule has 3 heteroatoms. The summed E-state index contributed by atoms with van der Waals surface area (Å²) >= 11 is 0. The number of nitrogens with one attached hydrogen (secondary N) is 1. The normalized spacial score (nSPS) is 29.6. The highest BCUT2D eigenvalue weighted by Gasteiger charge is 2.31. The summed E-state index contributed by atoms with van der Waals surface area (Å²) in [4.78, 5) is 5.45. The van der Waals surface area contributed by atoms with E-state index in [-0.39, 0.29) is 0 Å². The number of rotatable bonds is 5. The summed E-state index contributed by atoms with van der Waals surface area (Å²) in [7, 11) is 2.07. The lowest BCUT2D eigenvalue weighted by Gasteiger charge is -2.33. The third-order valence-electron chi connectivity index (χ3n) is 4.53. The first-order valence-electron chi connectivity index (χ1n) is 7.47. The van der Waals surface area contributed by atoms with Crippen LogP contribution in [0.5, 0.6) is 0 Å². The van der Waals surface area contributed by atoms with Crippen LogP contribution in [0.3, 0.4) is 0 Å². The van der Waals surface area contributed by atoms with E-state index in [1.54, 1.807) is 0 Å². The Hall–Kier alpha value is -0.120. The van der Waals surface area contributed by atoms with Crippen LogP contribution in [-0.2, 0) is 0 Å². The fourth-order valence-electron chi connectivity index (χ4n) is 3.45. The highest BCUT2D eigenvalue weighted by atomic mass is 15.3. The Morgan fingerprint density at radius 1 is 1.18 bits per heavy atom. The number of hydrogen-bond donors (Lipinski definition) is 1. The molecule has 1 N–H and O–H groups in total. The number of likely N-dealkylation sites (N-methyl/N-ethyl adjacent to an activating group) is 1. The van der Waals surface area contributed by atoms with Crippen molar-refractivity contribution >= 4 is 0 Å². The molecule has 100 valence electrons. The monoisotopic (exact) mass is 239 g/mol. The van der Waals surface area contributed by atoms with Crippen molar-refractivity contribution in [2.45, 2.75) is 51.1 Å². The largest absolute Gasteiger partial charge is 0.318 e. The molecule has 2 unspecified atom stereocenters. The average molecular weight is 239 g/mol. The van der Waals surface area contributed by atoms with Crippen LogP contribution in [0.2, 0.25) is 0 Å². The van der Waals surface area contributed by atoms with Crippen LogP contribution in [-0.4, -0.2) is 61.7 Å². The predicted octanol–water partition coefficient (Wildman–Crippen LogP) is 1.54. The van der Waals surface area contributed by atoms with E-state index in [1.165, 1.54) is 58.3 Å². The number of piperidine rings is 1. The van der Waals surface area contributed by atoms with Crippen LogP contribution in [0.1, 0.15) is 39.0 Å². The molecule has 0 amide bonds. The van der Waals surface area contributed by atoms with Crippen molar-refractivity contribution in [2.75, 3.05) is 39.8 Å². The highest BCUT2D eigenvalue weighted by Crippen LogP contribution is 2.22. The Morgan fingerprint density at radius 2 is 1.94 bits per heavy atom. The van der Waals surface area contributed by atoms with Gasteiger partial charge in [0.2, 0.25) is 0 Å². The molecule has 2 atom stereocenters. The van der Waals surface area contributed by atoms with Gasteiger partial charge < -0.3 is 5.32 Å². The third kappa shape index (κ3) is 3.43. The summed E-state index contributed by atoms with van der Waals surface area (Å²) < 4.78 is 0. The third-order valence-corrected chi connectivity index (χ3v) is 4.53. The lowest BCUT2D eigenvalue weighted by Crippen LogP contribution is -2.44. The minimum absolute atomic E-state index is 0.745. The fourth-order valence-corrected chi connectivity index (χ4v) is 3.45. The maximum absolute atomic E-state index is 3.33. The number of hydrogen-bond acceptors (Lipinski definition) is 3. The van der Waals surface area contributed by atoms with Gasteiger partial charge in [-0.25, -0.2) is 0 Å². The lowest BCUT2D eigenvalue weighted by molar-refractivity contribution is 0.150. The van der Waals surface area contributed by atoms with E-state index in [0.717, 1.165) is 18.6 Å². The molecule has 0 aromatic heterocycles. The van der Waals surface area contributed by atoms with E-state index in [2.05, 4.69) is 29.1 Å². The molecule has 0 bridgehead atoms. The smallest absolute Gasteiger partial charge is 0.0235 e. The molecule has 0 radical (unpaired) electrons. The van der Waals surface area contributed by atoms with Gasteiger partial charge >= 0.3 is 0 Å². The van der Waals surface area contributed by atoms with Gasteiger partial charge in [-0.2, -0.15) is 0 Å². The SMILES string of the molecule is CCC(CNC)N1CCC(N2CCCCC2)C1. The molecule has 2 aliphatic rings. The Morgan fingerprint density at radius 3 is 2.59 bits per heavy atom. The molecule has 2 heterocycles. The van der Waals surface area contributed by atoms with Crippen LogP contribution in [0.4, 0.5) is 0 Å². The van der Waals surface area contributed by atoms with Gasteiger partial charge in [-0.3, -0.25) is 9.80 Å². The second-order valence-corrected chi connectivity index (χ2v) is 5.65. The van der Waals surface area contributed by atoms with Gasteiger partial charge in [-0.05, 0) is 45.8 Å². The van der Waals surface area contributed by atoms with Crippen LogP contribution in [0.25, 0.3) is 0 Å². The van der Waals surface area contributed by atoms with Crippen LogP contribution >= 0.6 is 0 Å². The van der Waals surface area contributed by atoms with Gasteiger partial charge in [0.05, 0.1) is 0 Å². The van der Waals surface area contributed by atoms with Gasteiger partial charge in [0.25, 0.3) is 0 Å². The van der Waals surface area contributed by atoms with Gasteiger partial charge in [0, 0.05) is 31.7 Å². The van der Waals surface area contributed by atoms with Crippen LogP contribution < -0.4 is 5.32 Å². The Bertz CT molecular complexity index is 203. The zero-order chi connectivity index (χ0) is 12.1. The molecule has 0 spiro atoms. The molecule has 17 heavy (non-hydrogen) atoms. The van der Waals surface area contributed by atoms with Gasteiger partial charge in [-0.1, -0.05) is 13.3 Å². The Balaban J connectivity index is 1.81. The summed E-state index contributed by atoms with van der Waals surface area (Å²) in [6.07, 6.45) is 6.95. The first-order valence-corrected chi connectivity index (χ1v) is 7.47. The molecule has 0 aliphatic carbocycles. The molecule has 2 fully saturated rings. The van der Waals surface area contributed by atoms with Crippen molar-refractivity contribution in [3.05, 3.63) is 0 Å². The number of likely N-dealkylation sites (tertiary alicyclic amines) is 2. The average Bonchev–Trinajstić information content (AvgIpc) is 2.86. The van der Waals surface area contributed by atoms with Crippen molar-refractivity contribution in [1.29, 1.82) is 0 Å². The molecule has 2 rings (SSSR count). The lowest BCUT2D eigenvalue weighted by atomic mass is 10.1. The van der Waals surface area contributed by atoms with Crippen molar-refractivity contribution in [3.63, 3.8) is 0 Å². The molecule has 0 aromatic carbocycles. The zero-order valence-corrected chi connectivity index (χ0v) is 11.6. The maximum Gasteiger partial charge on any atom is 0.0235 e. The summed E-state index contributed by atoms with van der Waals surface area (Å²) in [5.41, 5.74) is 0. The molecule has 2 aliphatic heterocycles. The first kappa shape index (κ1) is 13.3. The molecule has 0 aromatic rings. The summed E-state index contributed by atoms with van der Waals surface area (Å²) in [5, 5.41) is 3.33. The quantitative estimate of drug-likeness (QED) is 0.785. The fraction of sp³-hybridized carbons (Fsp3) is 1.00. The summed E-state index contributed by atoms with van der Waals surface area (Å²) in [6, 6.07) is 1.59. The summed E-state index contributed by atoms with van der Waals surface area (Å²) in [6.45, 7) is 8.77. The molecule has 3 nitrogen and oxygen atoms in total. The van der Waals surface area contributed by atoms with E-state index in [0.29, 0.717) is 0 Å². The van der Waals surface area contributed by atoms with Crippen LogP contribution in [0, 0.1) is 0 Å². The van der Waals surface area contributed by atoms with Crippen molar-refractivity contribution in [1.82, 2.24) is 15.1 Å². The van der Waals surface area contributed by atoms with E-state index in [9.17, 15) is 0 Å². The standard InChI is InChI=1S/C14H29N3/c1-3-13(11-15-2)17-10-7-14(12-17)16-8-5-4-6-9-16/h13-15H,3-12H2,1-2H3. The van der Waals surface area contributed by atoms with E-state index < -0.39 is 0 Å². The zero-order valence-electron chi connectivity index (χ0n) is 11.6. The summed E-state index contributed by atoms with van der Waals surface area (Å²) in [5.74, 6) is 0. The van der Waals surface area contributed by atoms with Crippen molar-refractivity contribution < 1.29 is 0 Å².